The summed E-state index contributed by atoms with van der Waals surface area (Å²) in [6.45, 7) is 3.20. The van der Waals surface area contributed by atoms with E-state index in [0.717, 1.165) is 17.7 Å². The molecule has 10 heteroatoms. The van der Waals surface area contributed by atoms with Crippen molar-refractivity contribution in [3.05, 3.63) is 70.0 Å². The van der Waals surface area contributed by atoms with Crippen LogP contribution < -0.4 is 10.6 Å². The summed E-state index contributed by atoms with van der Waals surface area (Å²) in [5.74, 6) is -2.80. The van der Waals surface area contributed by atoms with Crippen LogP contribution in [0.3, 0.4) is 0 Å². The van der Waals surface area contributed by atoms with Crippen molar-refractivity contribution in [2.24, 2.45) is 0 Å². The number of nitrogens with zero attached hydrogens (tertiary/aromatic N) is 3. The van der Waals surface area contributed by atoms with Gasteiger partial charge in [-0.05, 0) is 43.7 Å². The maximum Gasteiger partial charge on any atom is 0.278 e. The Labute approximate surface area is 169 Å². The Balaban J connectivity index is 1.68. The second kappa shape index (κ2) is 8.36. The standard InChI is InChI=1S/C19H16ClF2N5O2/c1-10-3-5-13(8-14(10)20)23-17(28)9-27-11(2)18(25-26-27)19(29)24-16-6-4-12(21)7-15(16)22/h3-8H,9H2,1-2H3,(H,23,28)(H,24,29). The van der Waals surface area contributed by atoms with Gasteiger partial charge in [0.2, 0.25) is 5.91 Å². The molecule has 0 atom stereocenters. The number of hydrogen-bond donors (Lipinski definition) is 2. The Kier molecular flexibility index (Phi) is 5.88. The fourth-order valence-electron chi connectivity index (χ4n) is 2.50. The van der Waals surface area contributed by atoms with Crippen molar-refractivity contribution in [2.75, 3.05) is 10.6 Å². The van der Waals surface area contributed by atoms with Crippen LogP contribution in [0.4, 0.5) is 20.2 Å². The molecule has 0 fully saturated rings. The summed E-state index contributed by atoms with van der Waals surface area (Å²) in [4.78, 5) is 24.6. The van der Waals surface area contributed by atoms with Crippen molar-refractivity contribution in [1.29, 1.82) is 0 Å². The zero-order valence-electron chi connectivity index (χ0n) is 15.5. The second-order valence-corrected chi connectivity index (χ2v) is 6.68. The quantitative estimate of drug-likeness (QED) is 0.659. The van der Waals surface area contributed by atoms with Crippen LogP contribution in [-0.2, 0) is 11.3 Å². The lowest BCUT2D eigenvalue weighted by molar-refractivity contribution is -0.117. The van der Waals surface area contributed by atoms with Gasteiger partial charge in [-0.2, -0.15) is 0 Å². The Bertz CT molecular complexity index is 1100. The first kappa shape index (κ1) is 20.4. The summed E-state index contributed by atoms with van der Waals surface area (Å²) in [5.41, 5.74) is 1.43. The van der Waals surface area contributed by atoms with Crippen molar-refractivity contribution in [3.8, 4) is 0 Å². The number of halogens is 3. The topological polar surface area (TPSA) is 88.9 Å². The average Bonchev–Trinajstić information content (AvgIpc) is 3.01. The smallest absolute Gasteiger partial charge is 0.278 e. The number of rotatable bonds is 5. The monoisotopic (exact) mass is 419 g/mol. The lowest BCUT2D eigenvalue weighted by Gasteiger charge is -2.08. The van der Waals surface area contributed by atoms with Crippen LogP contribution in [0.2, 0.25) is 5.02 Å². The first-order valence-corrected chi connectivity index (χ1v) is 8.85. The molecular weight excluding hydrogens is 404 g/mol. The number of hydrogen-bond acceptors (Lipinski definition) is 4. The number of aryl methyl sites for hydroxylation is 1. The maximum absolute atomic E-state index is 13.7. The maximum atomic E-state index is 13.7. The third-order valence-electron chi connectivity index (χ3n) is 4.13. The molecule has 29 heavy (non-hydrogen) atoms. The molecule has 0 saturated carbocycles. The first-order chi connectivity index (χ1) is 13.7. The van der Waals surface area contributed by atoms with Crippen LogP contribution in [0, 0.1) is 25.5 Å². The Morgan fingerprint density at radius 1 is 1.10 bits per heavy atom. The largest absolute Gasteiger partial charge is 0.324 e. The summed E-state index contributed by atoms with van der Waals surface area (Å²) in [6.07, 6.45) is 0. The van der Waals surface area contributed by atoms with Gasteiger partial charge in [0.05, 0.1) is 11.4 Å². The molecule has 7 nitrogen and oxygen atoms in total. The average molecular weight is 420 g/mol. The highest BCUT2D eigenvalue weighted by atomic mass is 35.5. The normalized spacial score (nSPS) is 10.7. The van der Waals surface area contributed by atoms with Crippen LogP contribution in [-0.4, -0.2) is 26.8 Å². The van der Waals surface area contributed by atoms with E-state index >= 15 is 0 Å². The van der Waals surface area contributed by atoms with Gasteiger partial charge in [0, 0.05) is 16.8 Å². The molecule has 2 aromatic carbocycles. The van der Waals surface area contributed by atoms with Gasteiger partial charge in [0.25, 0.3) is 5.91 Å². The van der Waals surface area contributed by atoms with Crippen molar-refractivity contribution in [3.63, 3.8) is 0 Å². The molecule has 3 aromatic rings. The Hall–Kier alpha value is -3.33. The van der Waals surface area contributed by atoms with E-state index in [9.17, 15) is 18.4 Å². The molecule has 0 saturated heterocycles. The fraction of sp³-hybridized carbons (Fsp3) is 0.158. The van der Waals surface area contributed by atoms with E-state index in [1.807, 2.05) is 6.92 Å². The van der Waals surface area contributed by atoms with E-state index in [0.29, 0.717) is 22.5 Å². The summed E-state index contributed by atoms with van der Waals surface area (Å²) < 4.78 is 27.9. The SMILES string of the molecule is Cc1ccc(NC(=O)Cn2nnc(C(=O)Nc3ccc(F)cc3F)c2C)cc1Cl. The summed E-state index contributed by atoms with van der Waals surface area (Å²) in [5, 5.41) is 13.0. The summed E-state index contributed by atoms with van der Waals surface area (Å²) >= 11 is 6.04. The third kappa shape index (κ3) is 4.75. The lowest BCUT2D eigenvalue weighted by atomic mass is 10.2. The van der Waals surface area contributed by atoms with Crippen LogP contribution >= 0.6 is 11.6 Å². The van der Waals surface area contributed by atoms with E-state index < -0.39 is 23.4 Å². The van der Waals surface area contributed by atoms with Gasteiger partial charge >= 0.3 is 0 Å². The molecule has 3 rings (SSSR count). The predicted octanol–water partition coefficient (Wildman–Crippen LogP) is 3.72. The minimum Gasteiger partial charge on any atom is -0.324 e. The van der Waals surface area contributed by atoms with Crippen molar-refractivity contribution in [2.45, 2.75) is 20.4 Å². The number of anilines is 2. The zero-order chi connectivity index (χ0) is 21.1. The van der Waals surface area contributed by atoms with E-state index in [-0.39, 0.29) is 17.9 Å². The molecule has 150 valence electrons. The molecular formula is C19H16ClF2N5O2. The van der Waals surface area contributed by atoms with E-state index in [1.165, 1.54) is 4.68 Å². The van der Waals surface area contributed by atoms with Crippen molar-refractivity contribution >= 4 is 34.8 Å². The third-order valence-corrected chi connectivity index (χ3v) is 4.53. The van der Waals surface area contributed by atoms with E-state index in [4.69, 9.17) is 11.6 Å². The van der Waals surface area contributed by atoms with E-state index in [1.54, 1.807) is 25.1 Å². The summed E-state index contributed by atoms with van der Waals surface area (Å²) in [7, 11) is 0. The molecule has 1 heterocycles. The Morgan fingerprint density at radius 3 is 2.55 bits per heavy atom. The van der Waals surface area contributed by atoms with Gasteiger partial charge in [-0.25, -0.2) is 13.5 Å². The van der Waals surface area contributed by atoms with Crippen molar-refractivity contribution in [1.82, 2.24) is 15.0 Å². The Morgan fingerprint density at radius 2 is 1.86 bits per heavy atom. The molecule has 1 aromatic heterocycles. The molecule has 0 aliphatic carbocycles. The highest BCUT2D eigenvalue weighted by Crippen LogP contribution is 2.20. The molecule has 0 spiro atoms. The highest BCUT2D eigenvalue weighted by Gasteiger charge is 2.19. The van der Waals surface area contributed by atoms with Crippen LogP contribution in [0.1, 0.15) is 21.7 Å². The predicted molar refractivity (Wildman–Crippen MR) is 104 cm³/mol. The molecule has 0 radical (unpaired) electrons. The molecule has 0 unspecified atom stereocenters. The van der Waals surface area contributed by atoms with Crippen molar-refractivity contribution < 1.29 is 18.4 Å². The first-order valence-electron chi connectivity index (χ1n) is 8.47. The van der Waals surface area contributed by atoms with Gasteiger partial charge in [0.1, 0.15) is 18.2 Å². The molecule has 2 amide bonds. The minimum absolute atomic E-state index is 0.0834. The second-order valence-electron chi connectivity index (χ2n) is 6.27. The zero-order valence-corrected chi connectivity index (χ0v) is 16.2. The molecule has 0 aliphatic heterocycles. The van der Waals surface area contributed by atoms with Gasteiger partial charge < -0.3 is 10.6 Å². The number of aromatic nitrogens is 3. The number of nitrogens with one attached hydrogen (secondary N) is 2. The van der Waals surface area contributed by atoms with E-state index in [2.05, 4.69) is 20.9 Å². The summed E-state index contributed by atoms with van der Waals surface area (Å²) in [6, 6.07) is 7.88. The minimum atomic E-state index is -0.917. The molecule has 2 N–H and O–H groups in total. The van der Waals surface area contributed by atoms with Gasteiger partial charge in [0.15, 0.2) is 5.69 Å². The van der Waals surface area contributed by atoms with Crippen LogP contribution in [0.15, 0.2) is 36.4 Å². The highest BCUT2D eigenvalue weighted by molar-refractivity contribution is 6.31. The molecule has 0 bridgehead atoms. The number of carbonyl (C=O) groups is 2. The lowest BCUT2D eigenvalue weighted by Crippen LogP contribution is -2.21. The number of amides is 2. The molecule has 0 aliphatic rings. The number of carbonyl (C=O) groups excluding carboxylic acids is 2. The van der Waals surface area contributed by atoms with Gasteiger partial charge in [-0.1, -0.05) is 22.9 Å². The number of benzene rings is 2. The van der Waals surface area contributed by atoms with Gasteiger partial charge in [-0.3, -0.25) is 9.59 Å². The van der Waals surface area contributed by atoms with Gasteiger partial charge in [-0.15, -0.1) is 5.10 Å². The van der Waals surface area contributed by atoms with Crippen LogP contribution in [0.5, 0.6) is 0 Å². The fourth-order valence-corrected chi connectivity index (χ4v) is 2.68. The van der Waals surface area contributed by atoms with Crippen LogP contribution in [0.25, 0.3) is 0 Å².